The Balaban J connectivity index is 1.21. The van der Waals surface area contributed by atoms with E-state index in [-0.39, 0.29) is 0 Å². The molecule has 2 nitrogen and oxygen atoms in total. The Labute approximate surface area is 269 Å². The number of allylic oxidation sites excluding steroid dienone is 5. The molecule has 1 heterocycles. The summed E-state index contributed by atoms with van der Waals surface area (Å²) in [6.07, 6.45) is 6.38. The average Bonchev–Trinajstić information content (AvgIpc) is 3.63. The number of hydrogen-bond acceptors (Lipinski definition) is 2. The highest BCUT2D eigenvalue weighted by Gasteiger charge is 2.46. The Morgan fingerprint density at radius 2 is 1.28 bits per heavy atom. The van der Waals surface area contributed by atoms with Crippen LogP contribution >= 0.6 is 0 Å². The Bertz CT molecular complexity index is 2250. The number of nitrogens with one attached hydrogen (secondary N) is 1. The summed E-state index contributed by atoms with van der Waals surface area (Å²) in [5.74, 6) is 0. The maximum absolute atomic E-state index is 6.31. The summed E-state index contributed by atoms with van der Waals surface area (Å²) in [4.78, 5) is 0. The second-order valence-electron chi connectivity index (χ2n) is 11.8. The first kappa shape index (κ1) is 27.7. The van der Waals surface area contributed by atoms with E-state index in [0.29, 0.717) is 0 Å². The standard InChI is InChI=1S/C44H33NO/c1-3-14-36-37-28-27-34(29-41(37)44(40(36)4-2,31-15-7-5-8-16-31)32-17-9-6-10-18-32)45-33-25-23-30(24-26-33)35-20-13-21-39-38-19-11-12-22-42(38)46-43(35)39/h3-29,45H,2H2,1H3/b14-3-. The molecule has 2 heteroatoms. The molecule has 0 fully saturated rings. The lowest BCUT2D eigenvalue weighted by molar-refractivity contribution is 0.670. The number of hydrogen-bond donors (Lipinski definition) is 1. The second kappa shape index (κ2) is 11.3. The Morgan fingerprint density at radius 1 is 0.630 bits per heavy atom. The third-order valence-corrected chi connectivity index (χ3v) is 9.25. The molecule has 1 aliphatic carbocycles. The van der Waals surface area contributed by atoms with Crippen LogP contribution in [0, 0.1) is 0 Å². The Hall–Kier alpha value is -5.86. The summed E-state index contributed by atoms with van der Waals surface area (Å²) < 4.78 is 6.31. The van der Waals surface area contributed by atoms with E-state index in [9.17, 15) is 0 Å². The normalized spacial score (nSPS) is 13.8. The van der Waals surface area contributed by atoms with Crippen molar-refractivity contribution < 1.29 is 4.42 Å². The van der Waals surface area contributed by atoms with Crippen molar-refractivity contribution in [2.45, 2.75) is 12.3 Å². The van der Waals surface area contributed by atoms with Crippen LogP contribution in [0.4, 0.5) is 11.4 Å². The SMILES string of the molecule is C=CC1=C(/C=C\C)c2ccc(Nc3ccc(-c4cccc5c4oc4ccccc45)cc3)cc2C1(c1ccccc1)c1ccccc1. The highest BCUT2D eigenvalue weighted by Crippen LogP contribution is 2.55. The van der Waals surface area contributed by atoms with Gasteiger partial charge in [-0.2, -0.15) is 0 Å². The van der Waals surface area contributed by atoms with Crippen LogP contribution in [0.1, 0.15) is 29.2 Å². The molecule has 6 aromatic carbocycles. The van der Waals surface area contributed by atoms with Gasteiger partial charge in [0.1, 0.15) is 11.2 Å². The molecule has 1 N–H and O–H groups in total. The topological polar surface area (TPSA) is 25.2 Å². The lowest BCUT2D eigenvalue weighted by Gasteiger charge is -2.35. The van der Waals surface area contributed by atoms with Gasteiger partial charge in [0, 0.05) is 27.7 Å². The van der Waals surface area contributed by atoms with Crippen molar-refractivity contribution in [3.8, 4) is 11.1 Å². The van der Waals surface area contributed by atoms with Gasteiger partial charge in [0.05, 0.1) is 5.41 Å². The maximum Gasteiger partial charge on any atom is 0.143 e. The van der Waals surface area contributed by atoms with E-state index in [4.69, 9.17) is 4.42 Å². The maximum atomic E-state index is 6.31. The molecule has 0 radical (unpaired) electrons. The van der Waals surface area contributed by atoms with E-state index in [0.717, 1.165) is 44.4 Å². The van der Waals surface area contributed by atoms with Crippen LogP contribution in [0.5, 0.6) is 0 Å². The molecule has 220 valence electrons. The minimum absolute atomic E-state index is 0.499. The van der Waals surface area contributed by atoms with E-state index >= 15 is 0 Å². The van der Waals surface area contributed by atoms with Crippen molar-refractivity contribution in [2.24, 2.45) is 0 Å². The highest BCUT2D eigenvalue weighted by molar-refractivity contribution is 6.09. The van der Waals surface area contributed by atoms with Crippen molar-refractivity contribution in [1.29, 1.82) is 0 Å². The summed E-state index contributed by atoms with van der Waals surface area (Å²) in [5, 5.41) is 5.98. The van der Waals surface area contributed by atoms with Crippen molar-refractivity contribution in [3.05, 3.63) is 198 Å². The zero-order chi connectivity index (χ0) is 31.1. The van der Waals surface area contributed by atoms with E-state index in [1.165, 1.54) is 33.4 Å². The van der Waals surface area contributed by atoms with Gasteiger partial charge in [0.25, 0.3) is 0 Å². The monoisotopic (exact) mass is 591 g/mol. The molecule has 0 saturated heterocycles. The van der Waals surface area contributed by atoms with E-state index in [1.54, 1.807) is 0 Å². The first-order valence-corrected chi connectivity index (χ1v) is 15.8. The van der Waals surface area contributed by atoms with Gasteiger partial charge >= 0.3 is 0 Å². The van der Waals surface area contributed by atoms with Crippen molar-refractivity contribution in [3.63, 3.8) is 0 Å². The molecule has 1 aromatic heterocycles. The van der Waals surface area contributed by atoms with Crippen molar-refractivity contribution in [1.82, 2.24) is 0 Å². The van der Waals surface area contributed by atoms with Gasteiger partial charge in [0.15, 0.2) is 0 Å². The Kier molecular flexibility index (Phi) is 6.77. The van der Waals surface area contributed by atoms with Crippen LogP contribution in [-0.4, -0.2) is 0 Å². The van der Waals surface area contributed by atoms with Gasteiger partial charge in [-0.3, -0.25) is 0 Å². The minimum atomic E-state index is -0.499. The quantitative estimate of drug-likeness (QED) is 0.199. The van der Waals surface area contributed by atoms with Crippen LogP contribution in [0.15, 0.2) is 180 Å². The van der Waals surface area contributed by atoms with E-state index in [2.05, 4.69) is 164 Å². The van der Waals surface area contributed by atoms with E-state index in [1.807, 2.05) is 18.2 Å². The molecule has 8 rings (SSSR count). The molecule has 0 bridgehead atoms. The van der Waals surface area contributed by atoms with Gasteiger partial charge in [-0.05, 0) is 76.2 Å². The predicted molar refractivity (Wildman–Crippen MR) is 194 cm³/mol. The summed E-state index contributed by atoms with van der Waals surface area (Å²) in [7, 11) is 0. The molecule has 1 aliphatic rings. The molecule has 0 spiro atoms. The molecule has 0 aliphatic heterocycles. The first-order chi connectivity index (χ1) is 22.7. The lowest BCUT2D eigenvalue weighted by atomic mass is 9.67. The molecule has 46 heavy (non-hydrogen) atoms. The number of furan rings is 1. The fraction of sp³-hybridized carbons (Fsp3) is 0.0455. The fourth-order valence-electron chi connectivity index (χ4n) is 7.31. The zero-order valence-electron chi connectivity index (χ0n) is 25.7. The fourth-order valence-corrected chi connectivity index (χ4v) is 7.31. The zero-order valence-corrected chi connectivity index (χ0v) is 25.7. The number of benzene rings is 6. The Morgan fingerprint density at radius 3 is 1.98 bits per heavy atom. The summed E-state index contributed by atoms with van der Waals surface area (Å²) in [5.41, 5.74) is 12.9. The summed E-state index contributed by atoms with van der Waals surface area (Å²) in [6, 6.07) is 51.6. The molecule has 0 atom stereocenters. The van der Waals surface area contributed by atoms with Crippen molar-refractivity contribution in [2.75, 3.05) is 5.32 Å². The first-order valence-electron chi connectivity index (χ1n) is 15.8. The number of anilines is 2. The van der Waals surface area contributed by atoms with Gasteiger partial charge in [-0.25, -0.2) is 0 Å². The summed E-state index contributed by atoms with van der Waals surface area (Å²) in [6.45, 7) is 6.42. The van der Waals surface area contributed by atoms with Crippen LogP contribution < -0.4 is 5.32 Å². The number of fused-ring (bicyclic) bond motifs is 4. The van der Waals surface area contributed by atoms with Gasteiger partial charge in [0.2, 0.25) is 0 Å². The second-order valence-corrected chi connectivity index (χ2v) is 11.8. The summed E-state index contributed by atoms with van der Waals surface area (Å²) >= 11 is 0. The molecular weight excluding hydrogens is 558 g/mol. The number of rotatable bonds is 7. The average molecular weight is 592 g/mol. The smallest absolute Gasteiger partial charge is 0.143 e. The molecule has 0 unspecified atom stereocenters. The molecule has 0 saturated carbocycles. The van der Waals surface area contributed by atoms with Crippen LogP contribution in [0.25, 0.3) is 38.6 Å². The van der Waals surface area contributed by atoms with Gasteiger partial charge in [-0.15, -0.1) is 0 Å². The van der Waals surface area contributed by atoms with Crippen LogP contribution in [-0.2, 0) is 5.41 Å². The predicted octanol–water partition coefficient (Wildman–Crippen LogP) is 11.9. The van der Waals surface area contributed by atoms with Crippen LogP contribution in [0.2, 0.25) is 0 Å². The largest absolute Gasteiger partial charge is 0.455 e. The van der Waals surface area contributed by atoms with Gasteiger partial charge in [-0.1, -0.05) is 140 Å². The highest BCUT2D eigenvalue weighted by atomic mass is 16.3. The van der Waals surface area contributed by atoms with Crippen molar-refractivity contribution >= 4 is 38.9 Å². The third-order valence-electron chi connectivity index (χ3n) is 9.25. The van der Waals surface area contributed by atoms with Crippen LogP contribution in [0.3, 0.4) is 0 Å². The number of para-hydroxylation sites is 2. The minimum Gasteiger partial charge on any atom is -0.455 e. The third kappa shape index (κ3) is 4.26. The van der Waals surface area contributed by atoms with Gasteiger partial charge < -0.3 is 9.73 Å². The molecule has 0 amide bonds. The molecular formula is C44H33NO. The van der Waals surface area contributed by atoms with E-state index < -0.39 is 5.41 Å². The lowest BCUT2D eigenvalue weighted by Crippen LogP contribution is -2.29. The molecule has 7 aromatic rings.